The van der Waals surface area contributed by atoms with Crippen LogP contribution in [0, 0.1) is 0 Å². The molecule has 33 heavy (non-hydrogen) atoms. The molecule has 0 bridgehead atoms. The van der Waals surface area contributed by atoms with Gasteiger partial charge in [0.15, 0.2) is 0 Å². The van der Waals surface area contributed by atoms with Crippen molar-refractivity contribution in [2.75, 3.05) is 0 Å². The van der Waals surface area contributed by atoms with Gasteiger partial charge in [-0.05, 0) is 0 Å². The summed E-state index contributed by atoms with van der Waals surface area (Å²) in [6.45, 7) is 0. The minimum atomic E-state index is -5.39. The van der Waals surface area contributed by atoms with Crippen LogP contribution in [-0.2, 0) is 22.8 Å². The Morgan fingerprint density at radius 1 is 0.333 bits per heavy atom. The largest absolute Gasteiger partial charge is 2.00 e. The summed E-state index contributed by atoms with van der Waals surface area (Å²) in [4.78, 5) is 124. The van der Waals surface area contributed by atoms with Crippen molar-refractivity contribution in [2.45, 2.75) is 0 Å². The molecule has 0 unspecified atom stereocenters. The van der Waals surface area contributed by atoms with Gasteiger partial charge in [-0.25, -0.2) is 0 Å². The third kappa shape index (κ3) is 898. The SMILES string of the molecule is O.O.O=P([O-])([O-])O.O=P([O-])([O-])O.O=P([O-])([O-])O.O=P([O-])([O-])[O-].O=P([O-])([O-])[O-].[Ca+2].[Ca+2].[Ca+2].[Ca+2].[Ca+2].[Ca+2]. The summed E-state index contributed by atoms with van der Waals surface area (Å²) in [6, 6.07) is 0. The van der Waals surface area contributed by atoms with E-state index in [1.54, 1.807) is 0 Å². The van der Waals surface area contributed by atoms with E-state index in [0.717, 1.165) is 0 Å². The number of rotatable bonds is 0. The predicted molar refractivity (Wildman–Crippen MR) is 86.4 cm³/mol. The summed E-state index contributed by atoms with van der Waals surface area (Å²) < 4.78 is 43.1. The van der Waals surface area contributed by atoms with Gasteiger partial charge in [-0.15, -0.1) is 0 Å². The van der Waals surface area contributed by atoms with Crippen LogP contribution in [0.15, 0.2) is 0 Å². The number of phosphoric acid groups is 5. The second-order valence-electron chi connectivity index (χ2n) is 2.30. The molecule has 0 radical (unpaired) electrons. The normalized spacial score (nSPS) is 8.94. The second kappa shape index (κ2) is 42.2. The topological polar surface area (TPSA) is 486 Å². The van der Waals surface area contributed by atoms with Crippen LogP contribution in [-0.4, -0.2) is 252 Å². The molecule has 0 saturated carbocycles. The monoisotopic (exact) mass is 754 g/mol. The van der Waals surface area contributed by atoms with Crippen LogP contribution in [0.4, 0.5) is 0 Å². The fourth-order valence-electron chi connectivity index (χ4n) is 0. The van der Waals surface area contributed by atoms with Crippen molar-refractivity contribution in [3.63, 3.8) is 0 Å². The molecule has 0 aromatic heterocycles. The summed E-state index contributed by atoms with van der Waals surface area (Å²) >= 11 is 0. The Kier molecular flexibility index (Phi) is 107. The van der Waals surface area contributed by atoms with Crippen molar-refractivity contribution in [2.24, 2.45) is 0 Å². The Morgan fingerprint density at radius 2 is 0.333 bits per heavy atom. The zero-order valence-corrected chi connectivity index (χ0v) is 33.5. The van der Waals surface area contributed by atoms with Gasteiger partial charge in [0.2, 0.25) is 0 Å². The Hall–Kier alpha value is 8.03. The average Bonchev–Trinajstić information content (AvgIpc) is 1.79. The quantitative estimate of drug-likeness (QED) is 0.153. The van der Waals surface area contributed by atoms with E-state index in [9.17, 15) is 0 Å². The molecule has 0 aromatic carbocycles. The third-order valence-electron chi connectivity index (χ3n) is 0. The van der Waals surface area contributed by atoms with Crippen molar-refractivity contribution in [1.82, 2.24) is 0 Å². The molecular weight excluding hydrogens is 747 g/mol. The molecule has 0 amide bonds. The van der Waals surface area contributed by atoms with Crippen LogP contribution in [0.2, 0.25) is 0 Å². The Bertz CT molecular complexity index is 388. The summed E-state index contributed by atoms with van der Waals surface area (Å²) in [5.41, 5.74) is 0. The molecule has 0 spiro atoms. The van der Waals surface area contributed by atoms with Crippen molar-refractivity contribution < 1.29 is 107 Å². The molecule has 0 heterocycles. The van der Waals surface area contributed by atoms with Gasteiger partial charge < -0.3 is 107 Å². The van der Waals surface area contributed by atoms with E-state index in [2.05, 4.69) is 0 Å². The van der Waals surface area contributed by atoms with Gasteiger partial charge in [0, 0.05) is 0 Å². The fraction of sp³-hybridized carbons (Fsp3) is 0. The third-order valence-corrected chi connectivity index (χ3v) is 0. The zero-order valence-electron chi connectivity index (χ0n) is 15.8. The van der Waals surface area contributed by atoms with E-state index < -0.39 is 39.1 Å². The van der Waals surface area contributed by atoms with Gasteiger partial charge in [-0.2, -0.15) is 15.6 Å². The van der Waals surface area contributed by atoms with E-state index in [0.29, 0.717) is 0 Å². The number of hydrogen-bond acceptors (Lipinski definition) is 17. The van der Waals surface area contributed by atoms with Gasteiger partial charge in [0.1, 0.15) is 0 Å². The van der Waals surface area contributed by atoms with Gasteiger partial charge in [0.25, 0.3) is 0 Å². The fourth-order valence-corrected chi connectivity index (χ4v) is 0. The molecule has 33 heteroatoms. The van der Waals surface area contributed by atoms with Gasteiger partial charge in [0.05, 0.1) is 23.5 Å². The average molecular weight is 754 g/mol. The first-order valence-electron chi connectivity index (χ1n) is 3.70. The van der Waals surface area contributed by atoms with E-state index in [1.807, 2.05) is 0 Å². The number of hydrogen-bond donors (Lipinski definition) is 3. The Morgan fingerprint density at radius 3 is 0.333 bits per heavy atom. The van der Waals surface area contributed by atoms with Crippen molar-refractivity contribution in [3.05, 3.63) is 0 Å². The van der Waals surface area contributed by atoms with E-state index in [-0.39, 0.29) is 237 Å². The molecule has 0 aliphatic carbocycles. The standard InChI is InChI=1S/6Ca.5H3O4P.2H2O/c;;;;;;5*1-5(2,3)4;;/h;;;;;;5*(H3,1,2,3,4);2*1H2/q6*+2;;;;;;;/p-12. The van der Waals surface area contributed by atoms with E-state index >= 15 is 0 Å². The maximum Gasteiger partial charge on any atom is 2.00 e. The first kappa shape index (κ1) is 83.7. The molecule has 7 N–H and O–H groups in total. The molecular formula is H7Ca6O22P5. The van der Waals surface area contributed by atoms with Gasteiger partial charge >= 0.3 is 226 Å². The van der Waals surface area contributed by atoms with Crippen molar-refractivity contribution >= 4 is 266 Å². The van der Waals surface area contributed by atoms with Crippen LogP contribution in [0.1, 0.15) is 0 Å². The molecule has 0 saturated heterocycles. The first-order chi connectivity index (χ1) is 10.0. The molecule has 0 atom stereocenters. The van der Waals surface area contributed by atoms with Crippen molar-refractivity contribution in [1.29, 1.82) is 0 Å². The molecule has 22 nitrogen and oxygen atoms in total. The molecule has 0 aliphatic rings. The maximum atomic E-state index is 8.66. The molecule has 176 valence electrons. The summed E-state index contributed by atoms with van der Waals surface area (Å²) in [6.07, 6.45) is 0. The Balaban J connectivity index is -0.0000000130. The summed E-state index contributed by atoms with van der Waals surface area (Å²) in [5.74, 6) is 0. The molecule has 0 aliphatic heterocycles. The Labute approximate surface area is 364 Å². The zero-order chi connectivity index (χ0) is 22.5. The minimum Gasteiger partial charge on any atom is -0.822 e. The van der Waals surface area contributed by atoms with Crippen LogP contribution in [0.3, 0.4) is 0 Å². The van der Waals surface area contributed by atoms with Crippen LogP contribution in [0.5, 0.6) is 0 Å². The van der Waals surface area contributed by atoms with Gasteiger partial charge in [-0.1, -0.05) is 0 Å². The van der Waals surface area contributed by atoms with Crippen LogP contribution in [0.25, 0.3) is 0 Å². The van der Waals surface area contributed by atoms with Crippen LogP contribution < -0.4 is 58.7 Å². The molecule has 0 aromatic rings. The summed E-state index contributed by atoms with van der Waals surface area (Å²) in [7, 11) is -26.2. The maximum absolute atomic E-state index is 8.66. The summed E-state index contributed by atoms with van der Waals surface area (Å²) in [5, 5.41) is 0. The first-order valence-corrected chi connectivity index (χ1v) is 11.1. The molecule has 0 rings (SSSR count). The van der Waals surface area contributed by atoms with E-state index in [1.165, 1.54) is 0 Å². The van der Waals surface area contributed by atoms with Gasteiger partial charge in [-0.3, -0.25) is 0 Å². The minimum absolute atomic E-state index is 0. The smallest absolute Gasteiger partial charge is 0.822 e. The predicted octanol–water partition coefficient (Wildman–Crippen LogP) is -16.2. The second-order valence-corrected chi connectivity index (χ2v) is 6.90. The molecule has 0 fully saturated rings. The van der Waals surface area contributed by atoms with Crippen molar-refractivity contribution in [3.8, 4) is 0 Å². The van der Waals surface area contributed by atoms with E-state index in [4.69, 9.17) is 96.2 Å². The van der Waals surface area contributed by atoms with Crippen LogP contribution >= 0.6 is 39.1 Å².